The number of carbonyl (C=O) groups is 1. The quantitative estimate of drug-likeness (QED) is 0.468. The summed E-state index contributed by atoms with van der Waals surface area (Å²) >= 11 is 0. The van der Waals surface area contributed by atoms with Crippen molar-refractivity contribution in [2.75, 3.05) is 32.1 Å². The summed E-state index contributed by atoms with van der Waals surface area (Å²) in [5.41, 5.74) is 4.21. The van der Waals surface area contributed by atoms with Crippen LogP contribution in [-0.4, -0.2) is 44.8 Å². The van der Waals surface area contributed by atoms with E-state index in [4.69, 9.17) is 4.74 Å². The fourth-order valence-corrected chi connectivity index (χ4v) is 4.54. The molecular weight excluding hydrogens is 410 g/mol. The molecule has 5 nitrogen and oxygen atoms in total. The minimum absolute atomic E-state index is 0.0433. The molecule has 0 radical (unpaired) electrons. The van der Waals surface area contributed by atoms with Crippen LogP contribution in [0.15, 0.2) is 84.9 Å². The van der Waals surface area contributed by atoms with Crippen LogP contribution >= 0.6 is 0 Å². The van der Waals surface area contributed by atoms with Gasteiger partial charge in [-0.05, 0) is 42.6 Å². The average Bonchev–Trinajstić information content (AvgIpc) is 2.88. The number of anilines is 1. The topological polar surface area (TPSA) is 62.4 Å². The van der Waals surface area contributed by atoms with Gasteiger partial charge < -0.3 is 20.7 Å². The van der Waals surface area contributed by atoms with Crippen LogP contribution in [0.3, 0.4) is 0 Å². The molecule has 1 aliphatic heterocycles. The van der Waals surface area contributed by atoms with Crippen LogP contribution < -0.4 is 16.0 Å². The first-order valence-electron chi connectivity index (χ1n) is 11.7. The highest BCUT2D eigenvalue weighted by atomic mass is 16.5. The molecule has 1 fully saturated rings. The number of nitrogens with one attached hydrogen (secondary N) is 3. The second-order valence-corrected chi connectivity index (χ2v) is 8.45. The molecule has 5 heteroatoms. The zero-order chi connectivity index (χ0) is 22.9. The molecule has 3 aromatic carbocycles. The summed E-state index contributed by atoms with van der Waals surface area (Å²) < 4.78 is 5.85. The van der Waals surface area contributed by atoms with Crippen LogP contribution in [0.2, 0.25) is 0 Å². The lowest BCUT2D eigenvalue weighted by Gasteiger charge is -2.28. The Labute approximate surface area is 196 Å². The Balaban J connectivity index is 1.53. The van der Waals surface area contributed by atoms with Gasteiger partial charge in [-0.25, -0.2) is 0 Å². The fourth-order valence-electron chi connectivity index (χ4n) is 4.54. The number of para-hydroxylation sites is 1. The van der Waals surface area contributed by atoms with Crippen molar-refractivity contribution < 1.29 is 9.53 Å². The molecule has 0 bridgehead atoms. The molecule has 0 unspecified atom stereocenters. The molecule has 0 spiro atoms. The van der Waals surface area contributed by atoms with Crippen LogP contribution in [0, 0.1) is 0 Å². The van der Waals surface area contributed by atoms with Gasteiger partial charge in [0.1, 0.15) is 0 Å². The number of carbonyl (C=O) groups excluding carboxylic acids is 1. The number of morpholine rings is 1. The van der Waals surface area contributed by atoms with E-state index in [1.165, 1.54) is 0 Å². The van der Waals surface area contributed by atoms with E-state index < -0.39 is 6.04 Å². The summed E-state index contributed by atoms with van der Waals surface area (Å²) in [5, 5.41) is 9.87. The van der Waals surface area contributed by atoms with Crippen LogP contribution in [0.1, 0.15) is 29.0 Å². The summed E-state index contributed by atoms with van der Waals surface area (Å²) in [6.07, 6.45) is 1.99. The van der Waals surface area contributed by atoms with Crippen molar-refractivity contribution in [1.29, 1.82) is 0 Å². The summed E-state index contributed by atoms with van der Waals surface area (Å²) in [7, 11) is 1.85. The number of rotatable bonds is 9. The van der Waals surface area contributed by atoms with Gasteiger partial charge in [0.25, 0.3) is 0 Å². The standard InChI is InChI=1S/C28H33N3O2/c1-29-27(26(22-11-4-2-5-12-22)23-13-6-3-7-14-23)28(32)31-25-15-9-8-10-21(25)16-17-24-20-30-18-19-33-24/h2-15,24,26-27,29-30H,16-20H2,1H3,(H,31,32)/t24-,27+/m1/s1. The van der Waals surface area contributed by atoms with Gasteiger partial charge in [0.2, 0.25) is 5.91 Å². The Morgan fingerprint density at radius 1 is 0.970 bits per heavy atom. The van der Waals surface area contributed by atoms with Crippen LogP contribution in [0.4, 0.5) is 5.69 Å². The maximum atomic E-state index is 13.6. The second kappa shape index (κ2) is 11.8. The normalized spacial score (nSPS) is 17.0. The zero-order valence-electron chi connectivity index (χ0n) is 19.2. The van der Waals surface area contributed by atoms with Gasteiger partial charge in [-0.2, -0.15) is 0 Å². The van der Waals surface area contributed by atoms with E-state index in [1.807, 2.05) is 61.6 Å². The third-order valence-electron chi connectivity index (χ3n) is 6.26. The van der Waals surface area contributed by atoms with Crippen molar-refractivity contribution in [1.82, 2.24) is 10.6 Å². The molecule has 33 heavy (non-hydrogen) atoms. The third-order valence-corrected chi connectivity index (χ3v) is 6.26. The number of amides is 1. The van der Waals surface area contributed by atoms with Gasteiger partial charge in [0.15, 0.2) is 0 Å². The molecule has 1 amide bonds. The lowest BCUT2D eigenvalue weighted by Crippen LogP contribution is -2.43. The molecule has 3 N–H and O–H groups in total. The smallest absolute Gasteiger partial charge is 0.242 e. The first-order valence-corrected chi connectivity index (χ1v) is 11.7. The van der Waals surface area contributed by atoms with Gasteiger partial charge >= 0.3 is 0 Å². The number of benzene rings is 3. The largest absolute Gasteiger partial charge is 0.376 e. The van der Waals surface area contributed by atoms with Crippen LogP contribution in [-0.2, 0) is 16.0 Å². The maximum absolute atomic E-state index is 13.6. The van der Waals surface area contributed by atoms with E-state index in [0.29, 0.717) is 0 Å². The van der Waals surface area contributed by atoms with Gasteiger partial charge in [0.05, 0.1) is 18.8 Å². The van der Waals surface area contributed by atoms with Crippen LogP contribution in [0.25, 0.3) is 0 Å². The summed E-state index contributed by atoms with van der Waals surface area (Å²) in [5.74, 6) is -0.149. The SMILES string of the molecule is CN[C@H](C(=O)Nc1ccccc1CC[C@@H]1CNCCO1)C(c1ccccc1)c1ccccc1. The van der Waals surface area contributed by atoms with Crippen molar-refractivity contribution in [3.8, 4) is 0 Å². The van der Waals surface area contributed by atoms with E-state index >= 15 is 0 Å². The maximum Gasteiger partial charge on any atom is 0.242 e. The van der Waals surface area contributed by atoms with Crippen molar-refractivity contribution in [3.05, 3.63) is 102 Å². The highest BCUT2D eigenvalue weighted by molar-refractivity contribution is 5.96. The Morgan fingerprint density at radius 2 is 1.61 bits per heavy atom. The minimum Gasteiger partial charge on any atom is -0.376 e. The van der Waals surface area contributed by atoms with E-state index in [2.05, 4.69) is 46.3 Å². The van der Waals surface area contributed by atoms with Crippen LogP contribution in [0.5, 0.6) is 0 Å². The van der Waals surface area contributed by atoms with E-state index in [-0.39, 0.29) is 17.9 Å². The Hall–Kier alpha value is -2.99. The average molecular weight is 444 g/mol. The van der Waals surface area contributed by atoms with Crippen molar-refractivity contribution in [2.24, 2.45) is 0 Å². The first-order chi connectivity index (χ1) is 16.3. The number of ether oxygens (including phenoxy) is 1. The zero-order valence-corrected chi connectivity index (χ0v) is 19.2. The predicted octanol–water partition coefficient (Wildman–Crippen LogP) is 3.97. The highest BCUT2D eigenvalue weighted by Crippen LogP contribution is 2.29. The van der Waals surface area contributed by atoms with Gasteiger partial charge in [-0.3, -0.25) is 4.79 Å². The van der Waals surface area contributed by atoms with Crippen molar-refractivity contribution in [2.45, 2.75) is 30.9 Å². The van der Waals surface area contributed by atoms with E-state index in [0.717, 1.165) is 54.9 Å². The molecule has 1 saturated heterocycles. The fraction of sp³-hybridized carbons (Fsp3) is 0.321. The predicted molar refractivity (Wildman–Crippen MR) is 134 cm³/mol. The highest BCUT2D eigenvalue weighted by Gasteiger charge is 2.30. The Bertz CT molecular complexity index is 964. The summed E-state index contributed by atoms with van der Waals surface area (Å²) in [4.78, 5) is 13.6. The third kappa shape index (κ3) is 6.08. The molecule has 1 heterocycles. The molecule has 2 atom stereocenters. The molecule has 3 aromatic rings. The number of hydrogen-bond donors (Lipinski definition) is 3. The van der Waals surface area contributed by atoms with Gasteiger partial charge in [0, 0.05) is 24.7 Å². The monoisotopic (exact) mass is 443 g/mol. The Morgan fingerprint density at radius 3 is 2.21 bits per heavy atom. The molecule has 1 aliphatic rings. The lowest BCUT2D eigenvalue weighted by atomic mass is 9.84. The van der Waals surface area contributed by atoms with Crippen molar-refractivity contribution >= 4 is 11.6 Å². The molecular formula is C28H33N3O2. The number of aryl methyl sites for hydroxylation is 1. The molecule has 0 aliphatic carbocycles. The minimum atomic E-state index is -0.422. The summed E-state index contributed by atoms with van der Waals surface area (Å²) in [6.45, 7) is 2.55. The number of hydrogen-bond acceptors (Lipinski definition) is 4. The molecule has 0 aromatic heterocycles. The van der Waals surface area contributed by atoms with Gasteiger partial charge in [-0.1, -0.05) is 78.9 Å². The first kappa shape index (κ1) is 23.2. The molecule has 4 rings (SSSR count). The second-order valence-electron chi connectivity index (χ2n) is 8.45. The lowest BCUT2D eigenvalue weighted by molar-refractivity contribution is -0.118. The van der Waals surface area contributed by atoms with E-state index in [1.54, 1.807) is 0 Å². The number of likely N-dealkylation sites (N-methyl/N-ethyl adjacent to an activating group) is 1. The Kier molecular flexibility index (Phi) is 8.25. The van der Waals surface area contributed by atoms with Crippen molar-refractivity contribution in [3.63, 3.8) is 0 Å². The van der Waals surface area contributed by atoms with E-state index in [9.17, 15) is 4.79 Å². The summed E-state index contributed by atoms with van der Waals surface area (Å²) in [6, 6.07) is 28.1. The molecule has 0 saturated carbocycles. The molecule has 172 valence electrons. The van der Waals surface area contributed by atoms with Gasteiger partial charge in [-0.15, -0.1) is 0 Å².